The number of piperazine rings is 1. The standard InChI is InChI=1S/C50H50FN9O2/c1-32-10-8-22-52-45(32)43-16-7-17-44(46-33(2)11-9-23-53-46)60(43)29-26-58-24-27-59(28-25-58)50(62)36-20-18-35(19-21-36)42-30-39-47(54-31-55-48(39)56-42)37-13-6-15-41(34(37)3)57-49(61)38-12-4-5-14-40(38)51/h4-6,8-15,18-23,30-31,43-44H,7,16-17,24-29H2,1-3H3,(H,57,61)(H,54,55,56)/t43-,44+. The molecule has 0 saturated carbocycles. The van der Waals surface area contributed by atoms with E-state index in [1.807, 2.05) is 78.8 Å². The van der Waals surface area contributed by atoms with Gasteiger partial charge in [0.15, 0.2) is 0 Å². The number of aryl methyl sites for hydroxylation is 2. The number of piperidine rings is 1. The summed E-state index contributed by atoms with van der Waals surface area (Å²) in [5.41, 5.74) is 10.7. The largest absolute Gasteiger partial charge is 0.339 e. The molecule has 2 amide bonds. The van der Waals surface area contributed by atoms with Crippen LogP contribution in [-0.2, 0) is 0 Å². The average Bonchev–Trinajstić information content (AvgIpc) is 3.75. The van der Waals surface area contributed by atoms with Crippen molar-refractivity contribution in [3.05, 3.63) is 161 Å². The number of aromatic nitrogens is 5. The number of fused-ring (bicyclic) bond motifs is 1. The Morgan fingerprint density at radius 2 is 1.45 bits per heavy atom. The number of nitrogens with zero attached hydrogens (tertiary/aromatic N) is 7. The van der Waals surface area contributed by atoms with Gasteiger partial charge in [-0.15, -0.1) is 0 Å². The molecule has 0 bridgehead atoms. The predicted octanol–water partition coefficient (Wildman–Crippen LogP) is 9.12. The summed E-state index contributed by atoms with van der Waals surface area (Å²) < 4.78 is 14.3. The first kappa shape index (κ1) is 40.8. The van der Waals surface area contributed by atoms with E-state index in [9.17, 15) is 14.0 Å². The fraction of sp³-hybridized carbons (Fsp3) is 0.280. The summed E-state index contributed by atoms with van der Waals surface area (Å²) in [6.07, 6.45) is 8.63. The van der Waals surface area contributed by atoms with Crippen LogP contribution in [-0.4, -0.2) is 90.7 Å². The van der Waals surface area contributed by atoms with E-state index in [2.05, 4.69) is 56.0 Å². The molecule has 11 nitrogen and oxygen atoms in total. The van der Waals surface area contributed by atoms with Crippen LogP contribution in [0.1, 0.15) is 80.1 Å². The van der Waals surface area contributed by atoms with Crippen LogP contribution < -0.4 is 5.32 Å². The Bertz CT molecular complexity index is 2690. The summed E-state index contributed by atoms with van der Waals surface area (Å²) in [6.45, 7) is 11.0. The number of rotatable bonds is 10. The topological polar surface area (TPSA) is 123 Å². The molecular weight excluding hydrogens is 778 g/mol. The molecule has 9 rings (SSSR count). The van der Waals surface area contributed by atoms with E-state index in [1.165, 1.54) is 41.0 Å². The lowest BCUT2D eigenvalue weighted by atomic mass is 9.89. The summed E-state index contributed by atoms with van der Waals surface area (Å²) in [5.74, 6) is -1.07. The Balaban J connectivity index is 0.853. The molecule has 2 aliphatic rings. The van der Waals surface area contributed by atoms with Crippen molar-refractivity contribution in [3.8, 4) is 22.5 Å². The van der Waals surface area contributed by atoms with Crippen molar-refractivity contribution in [2.45, 2.75) is 52.1 Å². The normalized spacial score (nSPS) is 17.3. The maximum Gasteiger partial charge on any atom is 0.258 e. The number of benzene rings is 3. The number of pyridine rings is 2. The molecule has 2 N–H and O–H groups in total. The number of likely N-dealkylation sites (tertiary alicyclic amines) is 1. The monoisotopic (exact) mass is 827 g/mol. The zero-order valence-corrected chi connectivity index (χ0v) is 35.3. The van der Waals surface area contributed by atoms with Gasteiger partial charge in [0.05, 0.1) is 34.7 Å². The highest BCUT2D eigenvalue weighted by molar-refractivity contribution is 6.05. The highest BCUT2D eigenvalue weighted by atomic mass is 19.1. The predicted molar refractivity (Wildman–Crippen MR) is 240 cm³/mol. The fourth-order valence-electron chi connectivity index (χ4n) is 9.23. The van der Waals surface area contributed by atoms with E-state index >= 15 is 0 Å². The number of halogens is 1. The van der Waals surface area contributed by atoms with Gasteiger partial charge in [-0.3, -0.25) is 29.4 Å². The smallest absolute Gasteiger partial charge is 0.258 e. The SMILES string of the molecule is Cc1cccnc1[C@H]1CCC[C@@H](c2ncccc2C)N1CCN1CCN(C(=O)c2ccc(-c3cc4c(-c5cccc(NC(=O)c6ccccc6F)c5C)ncnc4[nH]3)cc2)CC1. The van der Waals surface area contributed by atoms with Crippen molar-refractivity contribution >= 4 is 28.5 Å². The summed E-state index contributed by atoms with van der Waals surface area (Å²) >= 11 is 0. The first-order valence-corrected chi connectivity index (χ1v) is 21.4. The molecule has 12 heteroatoms. The summed E-state index contributed by atoms with van der Waals surface area (Å²) in [7, 11) is 0. The minimum absolute atomic E-state index is 0.0252. The van der Waals surface area contributed by atoms with Crippen molar-refractivity contribution < 1.29 is 14.0 Å². The molecule has 2 atom stereocenters. The number of carbonyl (C=O) groups is 2. The number of hydrogen-bond donors (Lipinski definition) is 2. The van der Waals surface area contributed by atoms with Gasteiger partial charge >= 0.3 is 0 Å². The maximum absolute atomic E-state index is 14.3. The van der Waals surface area contributed by atoms with Crippen molar-refractivity contribution in [1.82, 2.24) is 39.6 Å². The van der Waals surface area contributed by atoms with Crippen LogP contribution in [0, 0.1) is 26.6 Å². The maximum atomic E-state index is 14.3. The van der Waals surface area contributed by atoms with Crippen LogP contribution in [0.4, 0.5) is 10.1 Å². The van der Waals surface area contributed by atoms with E-state index in [-0.39, 0.29) is 23.6 Å². The Hall–Kier alpha value is -6.63. The van der Waals surface area contributed by atoms with Gasteiger partial charge in [0.1, 0.15) is 17.8 Å². The molecule has 3 aromatic carbocycles. The van der Waals surface area contributed by atoms with E-state index in [0.29, 0.717) is 35.7 Å². The van der Waals surface area contributed by atoms with Gasteiger partial charge in [-0.2, -0.15) is 0 Å². The van der Waals surface area contributed by atoms with Gasteiger partial charge in [-0.25, -0.2) is 14.4 Å². The summed E-state index contributed by atoms with van der Waals surface area (Å²) in [6, 6.07) is 30.0. The van der Waals surface area contributed by atoms with Crippen LogP contribution in [0.2, 0.25) is 0 Å². The fourth-order valence-corrected chi connectivity index (χ4v) is 9.23. The molecule has 6 heterocycles. The Labute approximate surface area is 361 Å². The Morgan fingerprint density at radius 1 is 0.758 bits per heavy atom. The third kappa shape index (κ3) is 8.23. The van der Waals surface area contributed by atoms with E-state index < -0.39 is 11.7 Å². The first-order valence-electron chi connectivity index (χ1n) is 21.4. The highest BCUT2D eigenvalue weighted by Gasteiger charge is 2.36. The zero-order valence-electron chi connectivity index (χ0n) is 35.3. The molecule has 314 valence electrons. The molecule has 0 radical (unpaired) electrons. The quantitative estimate of drug-likeness (QED) is 0.140. The summed E-state index contributed by atoms with van der Waals surface area (Å²) in [4.78, 5) is 56.2. The highest BCUT2D eigenvalue weighted by Crippen LogP contribution is 2.42. The van der Waals surface area contributed by atoms with Gasteiger partial charge in [-0.1, -0.05) is 48.5 Å². The van der Waals surface area contributed by atoms with E-state index in [4.69, 9.17) is 9.97 Å². The van der Waals surface area contributed by atoms with Gasteiger partial charge in [0.25, 0.3) is 11.8 Å². The third-order valence-electron chi connectivity index (χ3n) is 12.6. The Morgan fingerprint density at radius 3 is 2.13 bits per heavy atom. The van der Waals surface area contributed by atoms with Gasteiger partial charge in [0, 0.05) is 79.6 Å². The molecule has 62 heavy (non-hydrogen) atoms. The number of carbonyl (C=O) groups excluding carboxylic acids is 2. The molecular formula is C50H50FN9O2. The minimum atomic E-state index is -0.581. The van der Waals surface area contributed by atoms with Gasteiger partial charge < -0.3 is 15.2 Å². The molecule has 0 aliphatic carbocycles. The molecule has 0 unspecified atom stereocenters. The number of nitrogens with one attached hydrogen (secondary N) is 2. The summed E-state index contributed by atoms with van der Waals surface area (Å²) in [5, 5.41) is 3.67. The van der Waals surface area contributed by atoms with Crippen molar-refractivity contribution in [2.24, 2.45) is 0 Å². The second kappa shape index (κ2) is 17.8. The van der Waals surface area contributed by atoms with E-state index in [0.717, 1.165) is 73.2 Å². The number of H-pyrrole nitrogens is 1. The second-order valence-electron chi connectivity index (χ2n) is 16.4. The van der Waals surface area contributed by atoms with Crippen LogP contribution in [0.25, 0.3) is 33.5 Å². The van der Waals surface area contributed by atoms with E-state index in [1.54, 1.807) is 18.2 Å². The zero-order chi connectivity index (χ0) is 42.7. The molecule has 2 saturated heterocycles. The van der Waals surface area contributed by atoms with Crippen molar-refractivity contribution in [2.75, 3.05) is 44.6 Å². The third-order valence-corrected chi connectivity index (χ3v) is 12.6. The van der Waals surface area contributed by atoms with Gasteiger partial charge in [-0.05, 0) is 111 Å². The molecule has 2 fully saturated rings. The molecule has 4 aromatic heterocycles. The number of amides is 2. The van der Waals surface area contributed by atoms with Crippen LogP contribution in [0.5, 0.6) is 0 Å². The number of anilines is 1. The number of hydrogen-bond acceptors (Lipinski definition) is 8. The average molecular weight is 828 g/mol. The number of aromatic amines is 1. The van der Waals surface area contributed by atoms with Crippen LogP contribution >= 0.6 is 0 Å². The van der Waals surface area contributed by atoms with Crippen molar-refractivity contribution in [3.63, 3.8) is 0 Å². The van der Waals surface area contributed by atoms with Crippen LogP contribution in [0.3, 0.4) is 0 Å². The lowest BCUT2D eigenvalue weighted by Crippen LogP contribution is -2.51. The van der Waals surface area contributed by atoms with Crippen LogP contribution in [0.15, 0.2) is 116 Å². The second-order valence-corrected chi connectivity index (χ2v) is 16.4. The molecule has 2 aliphatic heterocycles. The minimum Gasteiger partial charge on any atom is -0.339 e. The molecule has 7 aromatic rings. The Kier molecular flexibility index (Phi) is 11.7. The van der Waals surface area contributed by atoms with Crippen molar-refractivity contribution in [1.29, 1.82) is 0 Å². The lowest BCUT2D eigenvalue weighted by Gasteiger charge is -2.44. The first-order chi connectivity index (χ1) is 30.2. The van der Waals surface area contributed by atoms with Gasteiger partial charge in [0.2, 0.25) is 0 Å². The lowest BCUT2D eigenvalue weighted by molar-refractivity contribution is 0.0466. The molecule has 0 spiro atoms.